The number of nitrogens with two attached hydrogens (primary N) is 1. The van der Waals surface area contributed by atoms with E-state index in [0.29, 0.717) is 35.8 Å². The lowest BCUT2D eigenvalue weighted by Gasteiger charge is -2.26. The fourth-order valence-corrected chi connectivity index (χ4v) is 4.29. The molecule has 0 radical (unpaired) electrons. The number of hydrogen-bond donors (Lipinski definition) is 2. The average molecular weight is 294 g/mol. The van der Waals surface area contributed by atoms with Gasteiger partial charge in [-0.3, -0.25) is 4.79 Å². The Hall–Kier alpha value is -0.610. The smallest absolute Gasteiger partial charge is 0.223 e. The van der Waals surface area contributed by atoms with Crippen LogP contribution < -0.4 is 11.1 Å². The minimum Gasteiger partial charge on any atom is -0.378 e. The molecule has 3 N–H and O–H groups in total. The van der Waals surface area contributed by atoms with E-state index in [1.54, 1.807) is 0 Å². The molecule has 0 heterocycles. The van der Waals surface area contributed by atoms with Gasteiger partial charge in [-0.05, 0) is 56.8 Å². The molecule has 3 aliphatic carbocycles. The summed E-state index contributed by atoms with van der Waals surface area (Å²) in [7, 11) is 0. The van der Waals surface area contributed by atoms with Crippen LogP contribution in [0.1, 0.15) is 57.8 Å². The van der Waals surface area contributed by atoms with E-state index >= 15 is 0 Å². The van der Waals surface area contributed by atoms with Gasteiger partial charge in [0.15, 0.2) is 0 Å². The van der Waals surface area contributed by atoms with Crippen molar-refractivity contribution >= 4 is 5.91 Å². The first-order valence-electron chi connectivity index (χ1n) is 8.90. The number of hydrogen-bond acceptors (Lipinski definition) is 3. The molecule has 3 aliphatic rings. The number of ether oxygens (including phenoxy) is 1. The molecule has 1 amide bonds. The Morgan fingerprint density at radius 2 is 1.71 bits per heavy atom. The second kappa shape index (κ2) is 7.10. The van der Waals surface area contributed by atoms with Crippen molar-refractivity contribution in [2.45, 2.75) is 69.9 Å². The molecule has 3 rings (SSSR count). The quantitative estimate of drug-likeness (QED) is 0.738. The van der Waals surface area contributed by atoms with Gasteiger partial charge < -0.3 is 15.8 Å². The minimum absolute atomic E-state index is 0.301. The average Bonchev–Trinajstić information content (AvgIpc) is 3.23. The summed E-state index contributed by atoms with van der Waals surface area (Å²) in [6.07, 6.45) is 10.9. The van der Waals surface area contributed by atoms with E-state index in [-0.39, 0.29) is 0 Å². The molecule has 120 valence electrons. The zero-order valence-corrected chi connectivity index (χ0v) is 13.1. The predicted molar refractivity (Wildman–Crippen MR) is 82.7 cm³/mol. The Bertz CT molecular complexity index is 341. The summed E-state index contributed by atoms with van der Waals surface area (Å²) >= 11 is 0. The molecule has 2 atom stereocenters. The third kappa shape index (κ3) is 3.98. The molecule has 0 spiro atoms. The lowest BCUT2D eigenvalue weighted by Crippen LogP contribution is -2.31. The van der Waals surface area contributed by atoms with Crippen molar-refractivity contribution in [3.63, 3.8) is 0 Å². The van der Waals surface area contributed by atoms with Crippen molar-refractivity contribution in [3.8, 4) is 0 Å². The molecule has 0 aliphatic heterocycles. The Morgan fingerprint density at radius 1 is 1.05 bits per heavy atom. The molecule has 21 heavy (non-hydrogen) atoms. The van der Waals surface area contributed by atoms with Crippen LogP contribution in [-0.2, 0) is 9.53 Å². The molecular weight excluding hydrogens is 264 g/mol. The monoisotopic (exact) mass is 294 g/mol. The predicted octanol–water partition coefficient (Wildman–Crippen LogP) is 2.22. The van der Waals surface area contributed by atoms with Gasteiger partial charge in [0.1, 0.15) is 0 Å². The van der Waals surface area contributed by atoms with Crippen LogP contribution in [0.25, 0.3) is 0 Å². The largest absolute Gasteiger partial charge is 0.378 e. The molecule has 0 saturated heterocycles. The van der Waals surface area contributed by atoms with E-state index in [9.17, 15) is 4.79 Å². The molecule has 3 saturated carbocycles. The second-order valence-corrected chi connectivity index (χ2v) is 7.19. The maximum Gasteiger partial charge on any atom is 0.223 e. The van der Waals surface area contributed by atoms with Crippen molar-refractivity contribution in [3.05, 3.63) is 0 Å². The molecule has 0 aromatic heterocycles. The molecule has 0 aromatic rings. The van der Waals surface area contributed by atoms with Crippen molar-refractivity contribution in [2.75, 3.05) is 13.2 Å². The maximum absolute atomic E-state index is 12.1. The number of carbonyl (C=O) groups excluding carboxylic acids is 1. The normalized spacial score (nSPS) is 38.6. The van der Waals surface area contributed by atoms with Crippen LogP contribution in [0.2, 0.25) is 0 Å². The number of rotatable bonds is 6. The van der Waals surface area contributed by atoms with Gasteiger partial charge in [0, 0.05) is 25.1 Å². The first kappa shape index (κ1) is 15.3. The van der Waals surface area contributed by atoms with E-state index in [1.165, 1.54) is 25.7 Å². The van der Waals surface area contributed by atoms with E-state index in [4.69, 9.17) is 10.5 Å². The Morgan fingerprint density at radius 3 is 2.38 bits per heavy atom. The molecule has 0 bridgehead atoms. The van der Waals surface area contributed by atoms with Gasteiger partial charge in [-0.25, -0.2) is 0 Å². The molecule has 3 fully saturated rings. The summed E-state index contributed by atoms with van der Waals surface area (Å²) in [6, 6.07) is 0.381. The summed E-state index contributed by atoms with van der Waals surface area (Å²) in [6.45, 7) is 1.53. The van der Waals surface area contributed by atoms with E-state index < -0.39 is 0 Å². The highest BCUT2D eigenvalue weighted by Gasteiger charge is 2.54. The molecule has 4 nitrogen and oxygen atoms in total. The van der Waals surface area contributed by atoms with Crippen LogP contribution >= 0.6 is 0 Å². The van der Waals surface area contributed by atoms with Crippen molar-refractivity contribution in [2.24, 2.45) is 23.5 Å². The van der Waals surface area contributed by atoms with Gasteiger partial charge in [-0.2, -0.15) is 0 Å². The summed E-state index contributed by atoms with van der Waals surface area (Å²) in [5.74, 6) is 2.06. The molecule has 4 heteroatoms. The highest BCUT2D eigenvalue weighted by Crippen LogP contribution is 2.55. The van der Waals surface area contributed by atoms with Crippen LogP contribution in [0.15, 0.2) is 0 Å². The number of carbonyl (C=O) groups is 1. The number of fused-ring (bicyclic) bond motifs is 1. The van der Waals surface area contributed by atoms with Crippen LogP contribution in [0.3, 0.4) is 0 Å². The Balaban J connectivity index is 1.23. The van der Waals surface area contributed by atoms with Gasteiger partial charge in [-0.15, -0.1) is 0 Å². The van der Waals surface area contributed by atoms with E-state index in [1.807, 2.05) is 0 Å². The number of nitrogens with one attached hydrogen (secondary N) is 1. The van der Waals surface area contributed by atoms with Crippen LogP contribution in [0, 0.1) is 17.8 Å². The summed E-state index contributed by atoms with van der Waals surface area (Å²) < 4.78 is 5.88. The topological polar surface area (TPSA) is 64.3 Å². The minimum atomic E-state index is 0.301. The van der Waals surface area contributed by atoms with Crippen molar-refractivity contribution < 1.29 is 9.53 Å². The highest BCUT2D eigenvalue weighted by atomic mass is 16.5. The van der Waals surface area contributed by atoms with Crippen molar-refractivity contribution in [1.82, 2.24) is 5.32 Å². The first-order valence-corrected chi connectivity index (χ1v) is 8.90. The zero-order chi connectivity index (χ0) is 14.7. The van der Waals surface area contributed by atoms with Crippen LogP contribution in [0.4, 0.5) is 0 Å². The third-order valence-electron chi connectivity index (χ3n) is 5.65. The van der Waals surface area contributed by atoms with Gasteiger partial charge in [0.2, 0.25) is 5.91 Å². The lowest BCUT2D eigenvalue weighted by molar-refractivity contribution is -0.122. The lowest BCUT2D eigenvalue weighted by atomic mass is 9.94. The number of amides is 1. The fraction of sp³-hybridized carbons (Fsp3) is 0.941. The van der Waals surface area contributed by atoms with Gasteiger partial charge >= 0.3 is 0 Å². The maximum atomic E-state index is 12.1. The van der Waals surface area contributed by atoms with Gasteiger partial charge in [0.05, 0.1) is 6.10 Å². The molecular formula is C17H30N2O2. The van der Waals surface area contributed by atoms with Crippen molar-refractivity contribution in [1.29, 1.82) is 0 Å². The highest BCUT2D eigenvalue weighted by molar-refractivity contribution is 5.82. The van der Waals surface area contributed by atoms with Gasteiger partial charge in [0.25, 0.3) is 0 Å². The third-order valence-corrected chi connectivity index (χ3v) is 5.65. The molecule has 2 unspecified atom stereocenters. The van der Waals surface area contributed by atoms with Crippen LogP contribution in [0.5, 0.6) is 0 Å². The van der Waals surface area contributed by atoms with Gasteiger partial charge in [-0.1, -0.05) is 12.8 Å². The van der Waals surface area contributed by atoms with Crippen LogP contribution in [-0.4, -0.2) is 31.2 Å². The Labute approximate surface area is 128 Å². The summed E-state index contributed by atoms with van der Waals surface area (Å²) in [5.41, 5.74) is 5.89. The van der Waals surface area contributed by atoms with E-state index in [0.717, 1.165) is 45.3 Å². The first-order chi connectivity index (χ1) is 10.3. The summed E-state index contributed by atoms with van der Waals surface area (Å²) in [5, 5.41) is 3.11. The fourth-order valence-electron chi connectivity index (χ4n) is 4.29. The molecule has 0 aromatic carbocycles. The SMILES string of the molecule is NC1CCC(OCCCNC(=O)C2C3CCCCC32)CC1. The Kier molecular flexibility index (Phi) is 5.17. The van der Waals surface area contributed by atoms with E-state index in [2.05, 4.69) is 5.32 Å². The standard InChI is InChI=1S/C17H30N2O2/c18-12-6-8-13(9-7-12)21-11-3-10-19-17(20)16-14-4-1-2-5-15(14)16/h12-16H,1-11,18H2,(H,19,20). The summed E-state index contributed by atoms with van der Waals surface area (Å²) in [4.78, 5) is 12.1. The zero-order valence-electron chi connectivity index (χ0n) is 13.1. The second-order valence-electron chi connectivity index (χ2n) is 7.19.